The van der Waals surface area contributed by atoms with Crippen LogP contribution in [0.4, 0.5) is 0 Å². The topological polar surface area (TPSA) is 147 Å². The van der Waals surface area contributed by atoms with Crippen LogP contribution in [0.15, 0.2) is 101 Å². The van der Waals surface area contributed by atoms with Crippen LogP contribution in [-0.4, -0.2) is 80.4 Å². The lowest BCUT2D eigenvalue weighted by molar-refractivity contribution is -0.109. The highest BCUT2D eigenvalue weighted by Crippen LogP contribution is 2.51. The Hall–Kier alpha value is -4.16. The van der Waals surface area contributed by atoms with Gasteiger partial charge in [0, 0.05) is 24.3 Å². The number of nitriles is 1. The summed E-state index contributed by atoms with van der Waals surface area (Å²) in [5.41, 5.74) is -0.0748. The van der Waals surface area contributed by atoms with Crippen LogP contribution in [-0.2, 0) is 28.5 Å². The molecule has 324 valence electrons. The highest BCUT2D eigenvalue weighted by Gasteiger charge is 2.55. The number of hydrogen-bond acceptors (Lipinski definition) is 11. The van der Waals surface area contributed by atoms with Crippen molar-refractivity contribution in [2.24, 2.45) is 0 Å². The number of aromatic amines is 1. The predicted molar refractivity (Wildman–Crippen MR) is 236 cm³/mol. The molecule has 0 amide bonds. The summed E-state index contributed by atoms with van der Waals surface area (Å²) < 4.78 is 50.0. The molecule has 5 rings (SSSR count). The van der Waals surface area contributed by atoms with Crippen molar-refractivity contribution in [3.05, 3.63) is 129 Å². The summed E-state index contributed by atoms with van der Waals surface area (Å²) in [7, 11) is -1.12. The fourth-order valence-corrected chi connectivity index (χ4v) is 10.1. The second kappa shape index (κ2) is 20.1. The first-order valence-electron chi connectivity index (χ1n) is 20.4. The fraction of sp³-hybridized carbons (Fsp3) is 0.489. The highest BCUT2D eigenvalue weighted by molar-refractivity contribution is 7.44. The Labute approximate surface area is 356 Å². The van der Waals surface area contributed by atoms with Gasteiger partial charge in [-0.05, 0) is 86.8 Å². The van der Waals surface area contributed by atoms with E-state index in [0.29, 0.717) is 11.5 Å². The predicted octanol–water partition coefficient (Wildman–Crippen LogP) is 8.51. The number of hydrogen-bond donors (Lipinski definition) is 1. The Morgan fingerprint density at radius 2 is 1.38 bits per heavy atom. The molecular formula is C45H61N4O9PSi. The smallest absolute Gasteiger partial charge is 0.330 e. The number of benzene rings is 3. The van der Waals surface area contributed by atoms with Crippen LogP contribution in [0.5, 0.6) is 11.5 Å². The molecule has 1 saturated heterocycles. The van der Waals surface area contributed by atoms with E-state index in [1.54, 1.807) is 14.2 Å². The van der Waals surface area contributed by atoms with Crippen molar-refractivity contribution in [1.29, 1.82) is 5.26 Å². The SMILES string of the molecule is COc1ccc(C(O[C@H]2[C@@H](O[Si](C)(C)C(C)(C)C)[C@H](n3ccc(=O)[nH]c3=O)O[C@@H]2COP(OCCC#N)N(C(C)C)C(C)C)(c2ccccc2)c2ccc(OC)cc2)cc1. The third kappa shape index (κ3) is 10.5. The van der Waals surface area contributed by atoms with Gasteiger partial charge in [0.15, 0.2) is 14.5 Å². The molecular weight excluding hydrogens is 800 g/mol. The van der Waals surface area contributed by atoms with Crippen LogP contribution in [0.2, 0.25) is 18.1 Å². The number of nitrogens with zero attached hydrogens (tertiary/aromatic N) is 3. The Bertz CT molecular complexity index is 2080. The van der Waals surface area contributed by atoms with Crippen molar-refractivity contribution in [3.63, 3.8) is 0 Å². The summed E-state index contributed by atoms with van der Waals surface area (Å²) >= 11 is 0. The van der Waals surface area contributed by atoms with E-state index in [2.05, 4.69) is 77.3 Å². The summed E-state index contributed by atoms with van der Waals surface area (Å²) in [5, 5.41) is 9.13. The number of rotatable bonds is 19. The van der Waals surface area contributed by atoms with Crippen LogP contribution in [0.25, 0.3) is 0 Å². The van der Waals surface area contributed by atoms with Crippen LogP contribution in [0, 0.1) is 11.3 Å². The van der Waals surface area contributed by atoms with Gasteiger partial charge in [-0.25, -0.2) is 9.46 Å². The van der Waals surface area contributed by atoms with E-state index < -0.39 is 58.2 Å². The van der Waals surface area contributed by atoms with Gasteiger partial charge in [0.1, 0.15) is 35.4 Å². The lowest BCUT2D eigenvalue weighted by Crippen LogP contribution is -2.52. The standard InChI is InChI=1S/C45H61N4O9PSi/c1-31(2)49(32(3)4)59(54-29-15-27-46)55-30-38-40(41(58-60(10,11)44(5,6)7)42(56-38)48-28-26-39(50)47-43(48)51)57-45(33-16-13-12-14-17-33,34-18-22-36(52-8)23-19-34)35-20-24-37(53-9)25-21-35/h12-14,16-26,28,31-32,38,40-42H,15,29-30H2,1-11H3,(H,47,50,51)/t38-,40-,41-,42-,59?/m1/s1. The fourth-order valence-electron chi connectivity index (χ4n) is 7.16. The summed E-state index contributed by atoms with van der Waals surface area (Å²) in [6.07, 6.45) is -2.06. The van der Waals surface area contributed by atoms with Crippen LogP contribution in [0.3, 0.4) is 0 Å². The first kappa shape index (κ1) is 46.9. The van der Waals surface area contributed by atoms with Gasteiger partial charge in [0.2, 0.25) is 0 Å². The molecule has 0 aliphatic carbocycles. The summed E-state index contributed by atoms with van der Waals surface area (Å²) in [6.45, 7) is 19.2. The Morgan fingerprint density at radius 3 is 1.87 bits per heavy atom. The molecule has 1 aliphatic rings. The first-order valence-corrected chi connectivity index (χ1v) is 24.4. The van der Waals surface area contributed by atoms with Gasteiger partial charge in [-0.1, -0.05) is 75.4 Å². The molecule has 1 N–H and O–H groups in total. The van der Waals surface area contributed by atoms with E-state index in [-0.39, 0.29) is 36.8 Å². The van der Waals surface area contributed by atoms with Gasteiger partial charge in [-0.3, -0.25) is 14.3 Å². The van der Waals surface area contributed by atoms with Crippen LogP contribution in [0.1, 0.15) is 77.8 Å². The molecule has 3 aromatic carbocycles. The summed E-state index contributed by atoms with van der Waals surface area (Å²) in [6, 6.07) is 29.0. The van der Waals surface area contributed by atoms with Gasteiger partial charge < -0.3 is 32.4 Å². The largest absolute Gasteiger partial charge is 0.497 e. The molecule has 1 fully saturated rings. The second-order valence-electron chi connectivity index (χ2n) is 16.9. The van der Waals surface area contributed by atoms with Gasteiger partial charge in [-0.2, -0.15) is 5.26 Å². The van der Waals surface area contributed by atoms with Crippen molar-refractivity contribution in [2.45, 2.75) is 115 Å². The average molecular weight is 861 g/mol. The number of H-pyrrole nitrogens is 1. The molecule has 0 bridgehead atoms. The quantitative estimate of drug-likeness (QED) is 0.0419. The molecule has 13 nitrogen and oxygen atoms in total. The van der Waals surface area contributed by atoms with E-state index in [4.69, 9.17) is 32.4 Å². The summed E-state index contributed by atoms with van der Waals surface area (Å²) in [5.74, 6) is 1.35. The van der Waals surface area contributed by atoms with Crippen molar-refractivity contribution >= 4 is 16.8 Å². The molecule has 2 heterocycles. The lowest BCUT2D eigenvalue weighted by atomic mass is 9.79. The molecule has 15 heteroatoms. The number of nitrogens with one attached hydrogen (secondary N) is 1. The average Bonchev–Trinajstić information content (AvgIpc) is 3.53. The number of ether oxygens (including phenoxy) is 4. The highest BCUT2D eigenvalue weighted by atomic mass is 31.2. The molecule has 1 aliphatic heterocycles. The molecule has 4 aromatic rings. The molecule has 0 spiro atoms. The third-order valence-electron chi connectivity index (χ3n) is 11.1. The maximum absolute atomic E-state index is 13.7. The van der Waals surface area contributed by atoms with Gasteiger partial charge in [-0.15, -0.1) is 0 Å². The van der Waals surface area contributed by atoms with Crippen molar-refractivity contribution in [1.82, 2.24) is 14.2 Å². The monoisotopic (exact) mass is 860 g/mol. The minimum Gasteiger partial charge on any atom is -0.497 e. The third-order valence-corrected chi connectivity index (χ3v) is 17.7. The Balaban J connectivity index is 1.78. The van der Waals surface area contributed by atoms with Gasteiger partial charge in [0.25, 0.3) is 14.1 Å². The van der Waals surface area contributed by atoms with E-state index in [1.165, 1.54) is 16.8 Å². The molecule has 1 unspecified atom stereocenters. The van der Waals surface area contributed by atoms with Crippen LogP contribution < -0.4 is 20.7 Å². The van der Waals surface area contributed by atoms with Gasteiger partial charge in [0.05, 0.1) is 39.9 Å². The zero-order chi connectivity index (χ0) is 43.8. The minimum atomic E-state index is -2.68. The zero-order valence-electron chi connectivity index (χ0n) is 36.7. The number of aromatic nitrogens is 2. The second-order valence-corrected chi connectivity index (χ2v) is 23.1. The molecule has 1 aromatic heterocycles. The van der Waals surface area contributed by atoms with E-state index in [0.717, 1.165) is 16.7 Å². The van der Waals surface area contributed by atoms with Crippen molar-refractivity contribution in [3.8, 4) is 17.6 Å². The molecule has 60 heavy (non-hydrogen) atoms. The Morgan fingerprint density at radius 1 is 0.833 bits per heavy atom. The van der Waals surface area contributed by atoms with E-state index in [1.807, 2.05) is 78.9 Å². The maximum Gasteiger partial charge on any atom is 0.330 e. The Kier molecular flexibility index (Phi) is 15.7. The van der Waals surface area contributed by atoms with E-state index in [9.17, 15) is 14.9 Å². The van der Waals surface area contributed by atoms with Gasteiger partial charge >= 0.3 is 5.69 Å². The molecule has 0 radical (unpaired) electrons. The van der Waals surface area contributed by atoms with Crippen molar-refractivity contribution in [2.75, 3.05) is 27.4 Å². The van der Waals surface area contributed by atoms with Crippen LogP contribution >= 0.6 is 8.53 Å². The lowest BCUT2D eigenvalue weighted by Gasteiger charge is -2.44. The van der Waals surface area contributed by atoms with E-state index >= 15 is 0 Å². The zero-order valence-corrected chi connectivity index (χ0v) is 38.6. The minimum absolute atomic E-state index is 0.0269. The van der Waals surface area contributed by atoms with Crippen molar-refractivity contribution < 1.29 is 32.4 Å². The summed E-state index contributed by atoms with van der Waals surface area (Å²) in [4.78, 5) is 28.5. The first-order chi connectivity index (χ1) is 28.5. The maximum atomic E-state index is 13.7. The molecule has 0 saturated carbocycles. The molecule has 5 atom stereocenters. The normalized spacial score (nSPS) is 19.1. The number of methoxy groups -OCH3 is 2.